The van der Waals surface area contributed by atoms with Gasteiger partial charge in [0.25, 0.3) is 0 Å². The molecule has 0 saturated carbocycles. The third-order valence-corrected chi connectivity index (χ3v) is 1.22. The van der Waals surface area contributed by atoms with E-state index in [4.69, 9.17) is 15.3 Å². The summed E-state index contributed by atoms with van der Waals surface area (Å²) in [5.41, 5.74) is -3.73. The number of ketones is 1. The quantitative estimate of drug-likeness (QED) is 0.388. The van der Waals surface area contributed by atoms with Gasteiger partial charge in [-0.15, -0.1) is 0 Å². The number of Topliss-reactive ketones (excluding diaryl/α,β-unsaturated/α-hetero) is 1. The third kappa shape index (κ3) is 3.33. The molecule has 0 bridgehead atoms. The van der Waals surface area contributed by atoms with Gasteiger partial charge in [-0.3, -0.25) is 4.79 Å². The second-order valence-electron chi connectivity index (χ2n) is 2.44. The number of carbonyl (C=O) groups is 1. The second kappa shape index (κ2) is 3.65. The summed E-state index contributed by atoms with van der Waals surface area (Å²) < 4.78 is 35.3. The Morgan fingerprint density at radius 3 is 2.00 bits per heavy atom. The lowest BCUT2D eigenvalue weighted by Gasteiger charge is -2.26. The zero-order valence-electron chi connectivity index (χ0n) is 6.25. The predicted molar refractivity (Wildman–Crippen MR) is 34.6 cm³/mol. The minimum Gasteiger partial charge on any atom is -0.390 e. The Balaban J connectivity index is 4.44. The number of halogens is 3. The Morgan fingerprint density at radius 1 is 1.38 bits per heavy atom. The summed E-state index contributed by atoms with van der Waals surface area (Å²) >= 11 is 0. The molecule has 2 radical (unpaired) electrons. The smallest absolute Gasteiger partial charge is 0.390 e. The molecule has 74 valence electrons. The van der Waals surface area contributed by atoms with Crippen LogP contribution in [-0.2, 0) is 4.79 Å². The van der Waals surface area contributed by atoms with E-state index in [0.29, 0.717) is 0 Å². The molecule has 1 unspecified atom stereocenters. The van der Waals surface area contributed by atoms with Crippen molar-refractivity contribution in [2.24, 2.45) is 0 Å². The zero-order chi connectivity index (χ0) is 10.9. The zero-order valence-corrected chi connectivity index (χ0v) is 6.25. The highest BCUT2D eigenvalue weighted by Gasteiger charge is 2.50. The van der Waals surface area contributed by atoms with Crippen LogP contribution in [0.3, 0.4) is 0 Å². The van der Waals surface area contributed by atoms with Crippen molar-refractivity contribution < 1.29 is 33.3 Å². The number of hydrogen-bond acceptors (Lipinski definition) is 4. The molecule has 8 heteroatoms. The fourth-order valence-corrected chi connectivity index (χ4v) is 0.457. The molecule has 0 heterocycles. The number of hydrogen-bond donors (Lipinski definition) is 3. The van der Waals surface area contributed by atoms with Crippen LogP contribution in [0.4, 0.5) is 13.2 Å². The van der Waals surface area contributed by atoms with Crippen LogP contribution in [0.1, 0.15) is 6.42 Å². The highest BCUT2D eigenvalue weighted by molar-refractivity contribution is 6.16. The molecule has 4 nitrogen and oxygen atoms in total. The van der Waals surface area contributed by atoms with E-state index in [2.05, 4.69) is 7.85 Å². The van der Waals surface area contributed by atoms with Crippen LogP contribution in [-0.4, -0.2) is 46.9 Å². The first kappa shape index (κ1) is 12.4. The molecular formula is C5H6BF3O4. The van der Waals surface area contributed by atoms with Gasteiger partial charge < -0.3 is 15.3 Å². The molecule has 0 aromatic rings. The lowest BCUT2D eigenvalue weighted by molar-refractivity contribution is -0.227. The van der Waals surface area contributed by atoms with Crippen LogP contribution >= 0.6 is 0 Å². The molecule has 1 atom stereocenters. The summed E-state index contributed by atoms with van der Waals surface area (Å²) in [6.07, 6.45) is -9.37. The Bertz CT molecular complexity index is 200. The van der Waals surface area contributed by atoms with E-state index < -0.39 is 30.2 Å². The van der Waals surface area contributed by atoms with Crippen molar-refractivity contribution in [3.8, 4) is 0 Å². The maximum Gasteiger partial charge on any atom is 0.408 e. The average Bonchev–Trinajstić information content (AvgIpc) is 1.83. The lowest BCUT2D eigenvalue weighted by Crippen LogP contribution is -2.48. The summed E-state index contributed by atoms with van der Waals surface area (Å²) in [5, 5.41) is 24.7. The van der Waals surface area contributed by atoms with E-state index in [1.807, 2.05) is 0 Å². The molecule has 0 aliphatic carbocycles. The monoisotopic (exact) mass is 198 g/mol. The van der Waals surface area contributed by atoms with Crippen LogP contribution in [0.25, 0.3) is 0 Å². The van der Waals surface area contributed by atoms with Crippen LogP contribution in [0.2, 0.25) is 0 Å². The standard InChI is InChI=1S/C5H6BF3O4/c6-4(13,5(7,8)9)1-2(10)3(11)12/h3,11-13H,1H2. The average molecular weight is 198 g/mol. The highest BCUT2D eigenvalue weighted by Crippen LogP contribution is 2.30. The maximum atomic E-state index is 11.8. The first-order valence-corrected chi connectivity index (χ1v) is 3.05. The molecule has 0 rings (SSSR count). The first-order chi connectivity index (χ1) is 5.58. The van der Waals surface area contributed by atoms with Crippen molar-refractivity contribution in [3.63, 3.8) is 0 Å². The Hall–Kier alpha value is -0.595. The molecule has 0 fully saturated rings. The van der Waals surface area contributed by atoms with Crippen molar-refractivity contribution in [3.05, 3.63) is 0 Å². The van der Waals surface area contributed by atoms with Crippen LogP contribution < -0.4 is 0 Å². The van der Waals surface area contributed by atoms with Gasteiger partial charge in [-0.05, 0) is 0 Å². The van der Waals surface area contributed by atoms with Gasteiger partial charge in [-0.25, -0.2) is 0 Å². The molecular weight excluding hydrogens is 192 g/mol. The molecule has 0 spiro atoms. The number of alkyl halides is 3. The molecule has 0 aliphatic heterocycles. The molecule has 0 aromatic heterocycles. The van der Waals surface area contributed by atoms with Crippen molar-refractivity contribution in [2.45, 2.75) is 24.4 Å². The van der Waals surface area contributed by atoms with Gasteiger partial charge in [0.1, 0.15) is 13.3 Å². The van der Waals surface area contributed by atoms with Gasteiger partial charge in [0.15, 0.2) is 5.78 Å². The molecule has 0 amide bonds. The summed E-state index contributed by atoms with van der Waals surface area (Å²) in [6, 6.07) is 0. The number of aliphatic hydroxyl groups excluding tert-OH is 1. The van der Waals surface area contributed by atoms with Crippen LogP contribution in [0, 0.1) is 0 Å². The molecule has 3 N–H and O–H groups in total. The van der Waals surface area contributed by atoms with Gasteiger partial charge in [-0.2, -0.15) is 13.2 Å². The fraction of sp³-hybridized carbons (Fsp3) is 0.800. The topological polar surface area (TPSA) is 77.8 Å². The lowest BCUT2D eigenvalue weighted by atomic mass is 9.77. The first-order valence-electron chi connectivity index (χ1n) is 3.05. The Kier molecular flexibility index (Phi) is 3.48. The van der Waals surface area contributed by atoms with Crippen molar-refractivity contribution in [1.29, 1.82) is 0 Å². The van der Waals surface area contributed by atoms with Gasteiger partial charge in [0.05, 0.1) is 0 Å². The van der Waals surface area contributed by atoms with E-state index >= 15 is 0 Å². The van der Waals surface area contributed by atoms with Gasteiger partial charge >= 0.3 is 6.18 Å². The molecule has 0 aliphatic rings. The number of rotatable bonds is 3. The Labute approximate surface area is 72.4 Å². The minimum absolute atomic E-state index is 1.60. The maximum absolute atomic E-state index is 11.8. The summed E-state index contributed by atoms with van der Waals surface area (Å²) in [7, 11) is 4.32. The highest BCUT2D eigenvalue weighted by atomic mass is 19.4. The van der Waals surface area contributed by atoms with Gasteiger partial charge in [0.2, 0.25) is 6.29 Å². The molecule has 13 heavy (non-hydrogen) atoms. The fourth-order valence-electron chi connectivity index (χ4n) is 0.457. The van der Waals surface area contributed by atoms with Crippen molar-refractivity contribution in [1.82, 2.24) is 0 Å². The van der Waals surface area contributed by atoms with Crippen molar-refractivity contribution >= 4 is 13.6 Å². The number of aliphatic hydroxyl groups is 3. The Morgan fingerprint density at radius 2 is 1.77 bits per heavy atom. The van der Waals surface area contributed by atoms with E-state index in [9.17, 15) is 18.0 Å². The summed E-state index contributed by atoms with van der Waals surface area (Å²) in [4.78, 5) is 10.4. The van der Waals surface area contributed by atoms with Crippen molar-refractivity contribution in [2.75, 3.05) is 0 Å². The van der Waals surface area contributed by atoms with Crippen LogP contribution in [0.5, 0.6) is 0 Å². The predicted octanol–water partition coefficient (Wildman–Crippen LogP) is -1.32. The summed E-state index contributed by atoms with van der Waals surface area (Å²) in [6.45, 7) is 0. The van der Waals surface area contributed by atoms with E-state index in [1.165, 1.54) is 0 Å². The van der Waals surface area contributed by atoms with E-state index in [0.717, 1.165) is 0 Å². The molecule has 0 saturated heterocycles. The SMILES string of the molecule is [B]C(O)(CC(=O)C(O)O)C(F)(F)F. The van der Waals surface area contributed by atoms with Crippen LogP contribution in [0.15, 0.2) is 0 Å². The largest absolute Gasteiger partial charge is 0.408 e. The third-order valence-electron chi connectivity index (χ3n) is 1.22. The minimum atomic E-state index is -5.20. The van der Waals surface area contributed by atoms with Gasteiger partial charge in [0, 0.05) is 6.42 Å². The normalized spacial score (nSPS) is 17.2. The number of carbonyl (C=O) groups excluding carboxylic acids is 1. The summed E-state index contributed by atoms with van der Waals surface area (Å²) in [5.74, 6) is -1.61. The van der Waals surface area contributed by atoms with Gasteiger partial charge in [-0.1, -0.05) is 0 Å². The van der Waals surface area contributed by atoms with E-state index in [-0.39, 0.29) is 0 Å². The molecule has 0 aromatic carbocycles. The van der Waals surface area contributed by atoms with E-state index in [1.54, 1.807) is 0 Å². The second-order valence-corrected chi connectivity index (χ2v) is 2.44.